The number of imidazole rings is 2. The summed E-state index contributed by atoms with van der Waals surface area (Å²) in [5.41, 5.74) is 8.34. The van der Waals surface area contributed by atoms with Crippen molar-refractivity contribution in [2.75, 3.05) is 30.4 Å². The largest absolute Gasteiger partial charge is 0.385 e. The van der Waals surface area contributed by atoms with Gasteiger partial charge in [-0.15, -0.1) is 0 Å². The van der Waals surface area contributed by atoms with Crippen LogP contribution in [0.4, 0.5) is 11.4 Å². The average Bonchev–Trinajstić information content (AvgIpc) is 3.54. The van der Waals surface area contributed by atoms with Gasteiger partial charge in [0.15, 0.2) is 0 Å². The lowest BCUT2D eigenvalue weighted by Gasteiger charge is -2.27. The van der Waals surface area contributed by atoms with Crippen molar-refractivity contribution in [1.82, 2.24) is 19.1 Å². The van der Waals surface area contributed by atoms with Gasteiger partial charge in [-0.05, 0) is 60.1 Å². The quantitative estimate of drug-likeness (QED) is 0.504. The molecule has 0 saturated heterocycles. The van der Waals surface area contributed by atoms with Gasteiger partial charge < -0.3 is 19.4 Å². The maximum atomic E-state index is 4.07. The summed E-state index contributed by atoms with van der Waals surface area (Å²) in [4.78, 5) is 10.5. The van der Waals surface area contributed by atoms with E-state index in [2.05, 4.69) is 72.8 Å². The molecular weight excluding hydrogens is 408 g/mol. The van der Waals surface area contributed by atoms with Crippen LogP contribution in [-0.4, -0.2) is 39.2 Å². The standard InChI is InChI=1S/C14H17N3.C13H15N3/c1-16-7-2-3-13-9-12(4-5-14(13)16)10-17-8-6-15-11-17;1-2-12-8-11(3-4-13(12)15-5-1)9-16-7-6-14-10-16/h4-6,8-9,11H,2-3,7,10H2,1H3;3-4,6-8,10,15H,1-2,5,9H2. The van der Waals surface area contributed by atoms with Gasteiger partial charge in [-0.2, -0.15) is 0 Å². The lowest BCUT2D eigenvalue weighted by Crippen LogP contribution is -2.24. The smallest absolute Gasteiger partial charge is 0.0949 e. The first kappa shape index (κ1) is 21.3. The molecule has 4 aromatic rings. The average molecular weight is 441 g/mol. The van der Waals surface area contributed by atoms with E-state index in [9.17, 15) is 0 Å². The minimum atomic E-state index is 0.910. The molecule has 2 aromatic heterocycles. The van der Waals surface area contributed by atoms with Crippen LogP contribution < -0.4 is 10.2 Å². The molecular formula is C27H32N6. The highest BCUT2D eigenvalue weighted by Crippen LogP contribution is 2.27. The van der Waals surface area contributed by atoms with Gasteiger partial charge in [0.25, 0.3) is 0 Å². The molecule has 0 amide bonds. The Hall–Kier alpha value is -3.54. The molecule has 2 aromatic carbocycles. The summed E-state index contributed by atoms with van der Waals surface area (Å²) in [5.74, 6) is 0. The van der Waals surface area contributed by atoms with Crippen LogP contribution in [0, 0.1) is 0 Å². The molecule has 0 atom stereocenters. The maximum Gasteiger partial charge on any atom is 0.0949 e. The van der Waals surface area contributed by atoms with E-state index in [0.717, 1.165) is 19.6 Å². The number of benzene rings is 2. The number of rotatable bonds is 4. The second-order valence-corrected chi connectivity index (χ2v) is 8.98. The first-order valence-electron chi connectivity index (χ1n) is 11.8. The molecule has 0 bridgehead atoms. The number of hydrogen-bond acceptors (Lipinski definition) is 4. The van der Waals surface area contributed by atoms with Crippen molar-refractivity contribution < 1.29 is 0 Å². The van der Waals surface area contributed by atoms with E-state index in [0.29, 0.717) is 0 Å². The molecule has 170 valence electrons. The fourth-order valence-electron chi connectivity index (χ4n) is 4.75. The summed E-state index contributed by atoms with van der Waals surface area (Å²) in [5, 5.41) is 3.43. The third-order valence-electron chi connectivity index (χ3n) is 6.45. The van der Waals surface area contributed by atoms with E-state index in [1.807, 2.05) is 37.4 Å². The van der Waals surface area contributed by atoms with Crippen LogP contribution in [-0.2, 0) is 25.9 Å². The van der Waals surface area contributed by atoms with Crippen molar-refractivity contribution >= 4 is 11.4 Å². The topological polar surface area (TPSA) is 50.9 Å². The number of fused-ring (bicyclic) bond motifs is 2. The van der Waals surface area contributed by atoms with E-state index in [1.165, 1.54) is 65.9 Å². The third kappa shape index (κ3) is 5.28. The van der Waals surface area contributed by atoms with E-state index < -0.39 is 0 Å². The number of hydrogen-bond donors (Lipinski definition) is 1. The van der Waals surface area contributed by atoms with Gasteiger partial charge in [0.05, 0.1) is 12.7 Å². The fraction of sp³-hybridized carbons (Fsp3) is 0.333. The Labute approximate surface area is 195 Å². The minimum Gasteiger partial charge on any atom is -0.385 e. The molecule has 6 nitrogen and oxygen atoms in total. The van der Waals surface area contributed by atoms with Gasteiger partial charge in [0.2, 0.25) is 0 Å². The molecule has 2 aliphatic rings. The van der Waals surface area contributed by atoms with Crippen molar-refractivity contribution in [1.29, 1.82) is 0 Å². The summed E-state index contributed by atoms with van der Waals surface area (Å²) >= 11 is 0. The molecule has 0 radical (unpaired) electrons. The van der Waals surface area contributed by atoms with Gasteiger partial charge in [-0.3, -0.25) is 0 Å². The highest BCUT2D eigenvalue weighted by molar-refractivity contribution is 5.56. The molecule has 0 aliphatic carbocycles. The monoisotopic (exact) mass is 440 g/mol. The van der Waals surface area contributed by atoms with Gasteiger partial charge in [-0.1, -0.05) is 24.3 Å². The highest BCUT2D eigenvalue weighted by atomic mass is 15.1. The number of nitrogens with one attached hydrogen (secondary N) is 1. The van der Waals surface area contributed by atoms with Crippen LogP contribution >= 0.6 is 0 Å². The second kappa shape index (κ2) is 9.94. The summed E-state index contributed by atoms with van der Waals surface area (Å²) < 4.78 is 4.20. The van der Waals surface area contributed by atoms with Gasteiger partial charge in [0.1, 0.15) is 0 Å². The molecule has 0 fully saturated rings. The highest BCUT2D eigenvalue weighted by Gasteiger charge is 2.13. The number of aryl methyl sites for hydroxylation is 2. The predicted molar refractivity (Wildman–Crippen MR) is 134 cm³/mol. The molecule has 0 spiro atoms. The lowest BCUT2D eigenvalue weighted by atomic mass is 9.99. The Morgan fingerprint density at radius 2 is 1.48 bits per heavy atom. The van der Waals surface area contributed by atoms with Gasteiger partial charge in [-0.25, -0.2) is 9.97 Å². The normalized spacial score (nSPS) is 14.5. The van der Waals surface area contributed by atoms with Crippen LogP contribution in [0.25, 0.3) is 0 Å². The van der Waals surface area contributed by atoms with Gasteiger partial charge in [0, 0.05) is 69.4 Å². The van der Waals surface area contributed by atoms with Crippen LogP contribution in [0.1, 0.15) is 35.1 Å². The maximum absolute atomic E-state index is 4.07. The van der Waals surface area contributed by atoms with Crippen molar-refractivity contribution in [3.63, 3.8) is 0 Å². The predicted octanol–water partition coefficient (Wildman–Crippen LogP) is 4.60. The zero-order chi connectivity index (χ0) is 22.5. The zero-order valence-electron chi connectivity index (χ0n) is 19.3. The number of aromatic nitrogens is 4. The lowest BCUT2D eigenvalue weighted by molar-refractivity contribution is 0.738. The molecule has 0 saturated carbocycles. The Balaban J connectivity index is 0.000000139. The van der Waals surface area contributed by atoms with Crippen molar-refractivity contribution in [2.24, 2.45) is 0 Å². The van der Waals surface area contributed by atoms with E-state index in [1.54, 1.807) is 0 Å². The van der Waals surface area contributed by atoms with Crippen LogP contribution in [0.3, 0.4) is 0 Å². The molecule has 0 unspecified atom stereocenters. The Bertz CT molecular complexity index is 1160. The molecule has 2 aliphatic heterocycles. The second-order valence-electron chi connectivity index (χ2n) is 8.98. The molecule has 4 heterocycles. The first-order valence-corrected chi connectivity index (χ1v) is 11.8. The van der Waals surface area contributed by atoms with Crippen LogP contribution in [0.15, 0.2) is 73.8 Å². The summed E-state index contributed by atoms with van der Waals surface area (Å²) in [6, 6.07) is 13.5. The summed E-state index contributed by atoms with van der Waals surface area (Å²) in [7, 11) is 2.17. The summed E-state index contributed by atoms with van der Waals surface area (Å²) in [6.07, 6.45) is 16.3. The zero-order valence-corrected chi connectivity index (χ0v) is 19.3. The molecule has 6 rings (SSSR count). The third-order valence-corrected chi connectivity index (χ3v) is 6.45. The SMILES string of the molecule is CN1CCCc2cc(Cn3ccnc3)ccc21.c1cn(Cc2ccc3c(c2)CCCN3)cn1. The number of anilines is 2. The Morgan fingerprint density at radius 3 is 2.18 bits per heavy atom. The minimum absolute atomic E-state index is 0.910. The Kier molecular flexibility index (Phi) is 6.42. The molecule has 33 heavy (non-hydrogen) atoms. The van der Waals surface area contributed by atoms with E-state index in [-0.39, 0.29) is 0 Å². The number of nitrogens with zero attached hydrogens (tertiary/aromatic N) is 5. The van der Waals surface area contributed by atoms with Crippen LogP contribution in [0.2, 0.25) is 0 Å². The van der Waals surface area contributed by atoms with Crippen molar-refractivity contribution in [2.45, 2.75) is 38.8 Å². The molecule has 1 N–H and O–H groups in total. The van der Waals surface area contributed by atoms with Crippen LogP contribution in [0.5, 0.6) is 0 Å². The molecule has 6 heteroatoms. The Morgan fingerprint density at radius 1 is 0.818 bits per heavy atom. The van der Waals surface area contributed by atoms with E-state index >= 15 is 0 Å². The van der Waals surface area contributed by atoms with Gasteiger partial charge >= 0.3 is 0 Å². The fourth-order valence-corrected chi connectivity index (χ4v) is 4.75. The summed E-state index contributed by atoms with van der Waals surface area (Å²) in [6.45, 7) is 4.10. The first-order chi connectivity index (χ1) is 16.2. The van der Waals surface area contributed by atoms with E-state index in [4.69, 9.17) is 0 Å². The van der Waals surface area contributed by atoms with Crippen molar-refractivity contribution in [3.8, 4) is 0 Å². The van der Waals surface area contributed by atoms with Crippen molar-refractivity contribution in [3.05, 3.63) is 96.1 Å².